The lowest BCUT2D eigenvalue weighted by molar-refractivity contribution is -0.0188. The number of esters is 2. The molecule has 0 N–H and O–H groups in total. The van der Waals surface area contributed by atoms with E-state index in [1.54, 1.807) is 48.5 Å². The zero-order valence-corrected chi connectivity index (χ0v) is 20.0. The molecular weight excluding hydrogens is 500 g/mol. The summed E-state index contributed by atoms with van der Waals surface area (Å²) >= 11 is 3.48. The van der Waals surface area contributed by atoms with Crippen molar-refractivity contribution in [2.24, 2.45) is 5.92 Å². The number of alkyl halides is 1. The second-order valence-corrected chi connectivity index (χ2v) is 8.79. The van der Waals surface area contributed by atoms with Crippen molar-refractivity contribution >= 4 is 27.9 Å². The van der Waals surface area contributed by atoms with Crippen LogP contribution in [0.25, 0.3) is 0 Å². The van der Waals surface area contributed by atoms with Crippen LogP contribution < -0.4 is 0 Å². The van der Waals surface area contributed by atoms with Gasteiger partial charge in [-0.3, -0.25) is 0 Å². The molecule has 0 saturated carbocycles. The van der Waals surface area contributed by atoms with Crippen molar-refractivity contribution in [3.05, 3.63) is 108 Å². The molecule has 1 saturated heterocycles. The van der Waals surface area contributed by atoms with Crippen molar-refractivity contribution in [2.45, 2.75) is 23.8 Å². The Balaban J connectivity index is 1.43. The van der Waals surface area contributed by atoms with Gasteiger partial charge in [-0.25, -0.2) is 9.59 Å². The summed E-state index contributed by atoms with van der Waals surface area (Å²) in [7, 11) is 0. The highest BCUT2D eigenvalue weighted by atomic mass is 79.9. The largest absolute Gasteiger partial charge is 0.459 e. The van der Waals surface area contributed by atoms with Crippen molar-refractivity contribution in [1.29, 1.82) is 0 Å². The first-order valence-electron chi connectivity index (χ1n) is 11.0. The van der Waals surface area contributed by atoms with Gasteiger partial charge in [-0.1, -0.05) is 82.7 Å². The van der Waals surface area contributed by atoms with Crippen LogP contribution in [0.2, 0.25) is 0 Å². The van der Waals surface area contributed by atoms with E-state index in [1.807, 2.05) is 42.5 Å². The SMILES string of the molecule is O=C(OC[C@H]1O[C@@H](Br)C(OC(=O)c2ccccc2)C1COCc1ccccc1)c1ccccc1. The maximum atomic E-state index is 12.7. The maximum absolute atomic E-state index is 12.7. The third kappa shape index (κ3) is 6.32. The average molecular weight is 525 g/mol. The highest BCUT2D eigenvalue weighted by Gasteiger charge is 2.46. The summed E-state index contributed by atoms with van der Waals surface area (Å²) in [6, 6.07) is 27.3. The van der Waals surface area contributed by atoms with Crippen molar-refractivity contribution < 1.29 is 28.5 Å². The van der Waals surface area contributed by atoms with Gasteiger partial charge in [-0.05, 0) is 29.8 Å². The number of halogens is 1. The molecule has 1 heterocycles. The second-order valence-electron chi connectivity index (χ2n) is 7.89. The predicted octanol–water partition coefficient (Wildman–Crippen LogP) is 5.02. The van der Waals surface area contributed by atoms with E-state index in [2.05, 4.69) is 15.9 Å². The summed E-state index contributed by atoms with van der Waals surface area (Å²) in [6.07, 6.45) is -1.13. The zero-order valence-electron chi connectivity index (χ0n) is 18.4. The molecule has 34 heavy (non-hydrogen) atoms. The molecule has 0 bridgehead atoms. The quantitative estimate of drug-likeness (QED) is 0.289. The Morgan fingerprint density at radius 3 is 1.94 bits per heavy atom. The number of benzene rings is 3. The zero-order chi connectivity index (χ0) is 23.8. The lowest BCUT2D eigenvalue weighted by Crippen LogP contribution is -2.36. The lowest BCUT2D eigenvalue weighted by atomic mass is 10.00. The fourth-order valence-corrected chi connectivity index (χ4v) is 4.50. The molecule has 0 aromatic heterocycles. The van der Waals surface area contributed by atoms with Gasteiger partial charge in [0.2, 0.25) is 0 Å². The number of carbonyl (C=O) groups is 2. The number of ether oxygens (including phenoxy) is 4. The fourth-order valence-electron chi connectivity index (χ4n) is 3.73. The average Bonchev–Trinajstić information content (AvgIpc) is 3.18. The molecular formula is C27H25BrO6. The molecule has 0 spiro atoms. The number of rotatable bonds is 9. The van der Waals surface area contributed by atoms with E-state index < -0.39 is 29.2 Å². The van der Waals surface area contributed by atoms with Crippen LogP contribution in [0, 0.1) is 5.92 Å². The van der Waals surface area contributed by atoms with E-state index >= 15 is 0 Å². The van der Waals surface area contributed by atoms with E-state index in [-0.39, 0.29) is 19.1 Å². The Bertz CT molecular complexity index is 1060. The van der Waals surface area contributed by atoms with Crippen LogP contribution in [-0.4, -0.2) is 42.4 Å². The fraction of sp³-hybridized carbons (Fsp3) is 0.259. The van der Waals surface area contributed by atoms with Crippen molar-refractivity contribution in [3.8, 4) is 0 Å². The molecule has 3 aromatic rings. The first-order chi connectivity index (χ1) is 16.6. The minimum Gasteiger partial charge on any atom is -0.459 e. The summed E-state index contributed by atoms with van der Waals surface area (Å²) in [4.78, 5) is 25.1. The third-order valence-electron chi connectivity index (χ3n) is 5.53. The van der Waals surface area contributed by atoms with Crippen molar-refractivity contribution in [3.63, 3.8) is 0 Å². The molecule has 176 valence electrons. The molecule has 4 atom stereocenters. The van der Waals surface area contributed by atoms with E-state index in [4.69, 9.17) is 18.9 Å². The topological polar surface area (TPSA) is 71.1 Å². The summed E-state index contributed by atoms with van der Waals surface area (Å²) in [5.74, 6) is -1.23. The summed E-state index contributed by atoms with van der Waals surface area (Å²) in [5, 5.41) is -0.564. The third-order valence-corrected chi connectivity index (χ3v) is 6.26. The monoisotopic (exact) mass is 524 g/mol. The molecule has 4 rings (SSSR count). The Morgan fingerprint density at radius 2 is 1.32 bits per heavy atom. The van der Waals surface area contributed by atoms with E-state index in [0.717, 1.165) is 5.56 Å². The van der Waals surface area contributed by atoms with E-state index in [0.29, 0.717) is 17.7 Å². The van der Waals surface area contributed by atoms with Crippen LogP contribution in [0.3, 0.4) is 0 Å². The Kier molecular flexibility index (Phi) is 8.46. The Hall–Kier alpha value is -3.00. The minimum atomic E-state index is -0.621. The van der Waals surface area contributed by atoms with Gasteiger partial charge in [-0.15, -0.1) is 0 Å². The van der Waals surface area contributed by atoms with Crippen LogP contribution in [0.15, 0.2) is 91.0 Å². The first kappa shape index (κ1) is 24.1. The smallest absolute Gasteiger partial charge is 0.338 e. The van der Waals surface area contributed by atoms with Crippen molar-refractivity contribution in [1.82, 2.24) is 0 Å². The Morgan fingerprint density at radius 1 is 0.765 bits per heavy atom. The van der Waals surface area contributed by atoms with Gasteiger partial charge in [0.15, 0.2) is 0 Å². The molecule has 0 aliphatic carbocycles. The van der Waals surface area contributed by atoms with Crippen LogP contribution >= 0.6 is 15.9 Å². The second kappa shape index (κ2) is 11.9. The molecule has 7 heteroatoms. The van der Waals surface area contributed by atoms with Crippen LogP contribution in [-0.2, 0) is 25.6 Å². The van der Waals surface area contributed by atoms with Gasteiger partial charge >= 0.3 is 11.9 Å². The molecule has 2 unspecified atom stereocenters. The van der Waals surface area contributed by atoms with E-state index in [9.17, 15) is 9.59 Å². The molecule has 1 fully saturated rings. The number of hydrogen-bond acceptors (Lipinski definition) is 6. The maximum Gasteiger partial charge on any atom is 0.338 e. The summed E-state index contributed by atoms with van der Waals surface area (Å²) in [6.45, 7) is 0.673. The van der Waals surface area contributed by atoms with Gasteiger partial charge in [0.1, 0.15) is 23.8 Å². The summed E-state index contributed by atoms with van der Waals surface area (Å²) in [5.41, 5.74) is 1.94. The lowest BCUT2D eigenvalue weighted by Gasteiger charge is -2.23. The van der Waals surface area contributed by atoms with Gasteiger partial charge < -0.3 is 18.9 Å². The molecule has 6 nitrogen and oxygen atoms in total. The molecule has 1 aliphatic rings. The Labute approximate surface area is 206 Å². The highest BCUT2D eigenvalue weighted by molar-refractivity contribution is 9.09. The predicted molar refractivity (Wildman–Crippen MR) is 130 cm³/mol. The molecule has 3 aromatic carbocycles. The van der Waals surface area contributed by atoms with Crippen molar-refractivity contribution in [2.75, 3.05) is 13.2 Å². The van der Waals surface area contributed by atoms with Gasteiger partial charge in [-0.2, -0.15) is 0 Å². The molecule has 0 amide bonds. The standard InChI is InChI=1S/C27H25BrO6/c28-25-24(34-27(30)21-14-8-3-9-15-21)22(17-31-16-19-10-4-1-5-11-19)23(33-25)18-32-26(29)20-12-6-2-7-13-20/h1-15,22-25H,16-18H2/t22?,23-,24?,25-/m1/s1. The minimum absolute atomic E-state index is 0.00851. The van der Waals surface area contributed by atoms with Gasteiger partial charge in [0, 0.05) is 0 Å². The first-order valence-corrected chi connectivity index (χ1v) is 11.9. The van der Waals surface area contributed by atoms with Gasteiger partial charge in [0.05, 0.1) is 30.3 Å². The number of hydrogen-bond donors (Lipinski definition) is 0. The van der Waals surface area contributed by atoms with Crippen LogP contribution in [0.5, 0.6) is 0 Å². The highest BCUT2D eigenvalue weighted by Crippen LogP contribution is 2.34. The summed E-state index contributed by atoms with van der Waals surface area (Å²) < 4.78 is 23.3. The van der Waals surface area contributed by atoms with E-state index in [1.165, 1.54) is 0 Å². The van der Waals surface area contributed by atoms with Crippen LogP contribution in [0.4, 0.5) is 0 Å². The van der Waals surface area contributed by atoms with Crippen LogP contribution in [0.1, 0.15) is 26.3 Å². The molecule has 0 radical (unpaired) electrons. The molecule has 1 aliphatic heterocycles. The van der Waals surface area contributed by atoms with Gasteiger partial charge in [0.25, 0.3) is 0 Å². The normalized spacial score (nSPS) is 21.7. The number of carbonyl (C=O) groups excluding carboxylic acids is 2.